The SMILES string of the molecule is CC(=O)COc1ccccc1CBr. The molecule has 0 heterocycles. The summed E-state index contributed by atoms with van der Waals surface area (Å²) < 4.78 is 5.31. The monoisotopic (exact) mass is 242 g/mol. The Morgan fingerprint density at radius 2 is 2.15 bits per heavy atom. The molecule has 0 saturated carbocycles. The van der Waals surface area contributed by atoms with Crippen molar-refractivity contribution in [3.63, 3.8) is 0 Å². The van der Waals surface area contributed by atoms with Crippen LogP contribution in [0.3, 0.4) is 0 Å². The fraction of sp³-hybridized carbons (Fsp3) is 0.300. The van der Waals surface area contributed by atoms with Crippen LogP contribution < -0.4 is 4.74 Å². The summed E-state index contributed by atoms with van der Waals surface area (Å²) in [5, 5.41) is 0.737. The van der Waals surface area contributed by atoms with Crippen molar-refractivity contribution in [2.45, 2.75) is 12.3 Å². The average molecular weight is 243 g/mol. The molecule has 0 unspecified atom stereocenters. The van der Waals surface area contributed by atoms with Gasteiger partial charge in [0, 0.05) is 10.9 Å². The van der Waals surface area contributed by atoms with E-state index in [2.05, 4.69) is 15.9 Å². The molecule has 1 aromatic rings. The number of rotatable bonds is 4. The number of carbonyl (C=O) groups excluding carboxylic acids is 1. The summed E-state index contributed by atoms with van der Waals surface area (Å²) in [5.74, 6) is 0.805. The van der Waals surface area contributed by atoms with Gasteiger partial charge < -0.3 is 4.74 Å². The second-order valence-corrected chi connectivity index (χ2v) is 3.29. The molecule has 70 valence electrons. The maximum Gasteiger partial charge on any atom is 0.167 e. The van der Waals surface area contributed by atoms with Crippen LogP contribution in [0.4, 0.5) is 0 Å². The van der Waals surface area contributed by atoms with Crippen LogP contribution in [0.15, 0.2) is 24.3 Å². The lowest BCUT2D eigenvalue weighted by atomic mass is 10.2. The van der Waals surface area contributed by atoms with Crippen LogP contribution in [0.2, 0.25) is 0 Å². The zero-order valence-electron chi connectivity index (χ0n) is 7.42. The third-order valence-corrected chi connectivity index (χ3v) is 2.15. The van der Waals surface area contributed by atoms with E-state index in [1.165, 1.54) is 6.92 Å². The first-order valence-corrected chi connectivity index (χ1v) is 5.12. The largest absolute Gasteiger partial charge is 0.486 e. The maximum atomic E-state index is 10.7. The highest BCUT2D eigenvalue weighted by Gasteiger charge is 2.01. The Morgan fingerprint density at radius 1 is 1.46 bits per heavy atom. The van der Waals surface area contributed by atoms with E-state index in [9.17, 15) is 4.79 Å². The average Bonchev–Trinajstić information content (AvgIpc) is 2.15. The summed E-state index contributed by atoms with van der Waals surface area (Å²) in [4.78, 5) is 10.7. The molecule has 0 saturated heterocycles. The van der Waals surface area contributed by atoms with Gasteiger partial charge in [0.05, 0.1) is 0 Å². The lowest BCUT2D eigenvalue weighted by Crippen LogP contribution is -2.07. The maximum absolute atomic E-state index is 10.7. The van der Waals surface area contributed by atoms with E-state index in [1.807, 2.05) is 24.3 Å². The first-order valence-electron chi connectivity index (χ1n) is 4.00. The molecule has 0 N–H and O–H groups in total. The molecule has 0 spiro atoms. The Bertz CT molecular complexity index is 297. The molecular formula is C10H11BrO2. The van der Waals surface area contributed by atoms with Crippen molar-refractivity contribution in [2.24, 2.45) is 0 Å². The van der Waals surface area contributed by atoms with Gasteiger partial charge in [-0.15, -0.1) is 0 Å². The number of carbonyl (C=O) groups is 1. The molecule has 1 aromatic carbocycles. The number of ketones is 1. The number of hydrogen-bond donors (Lipinski definition) is 0. The summed E-state index contributed by atoms with van der Waals surface area (Å²) in [6.07, 6.45) is 0. The van der Waals surface area contributed by atoms with E-state index >= 15 is 0 Å². The van der Waals surface area contributed by atoms with Gasteiger partial charge in [0.2, 0.25) is 0 Å². The van der Waals surface area contributed by atoms with Crippen LogP contribution in [0.25, 0.3) is 0 Å². The number of alkyl halides is 1. The summed E-state index contributed by atoms with van der Waals surface area (Å²) >= 11 is 3.35. The topological polar surface area (TPSA) is 26.3 Å². The molecule has 3 heteroatoms. The van der Waals surface area contributed by atoms with E-state index in [-0.39, 0.29) is 12.4 Å². The first kappa shape index (κ1) is 10.3. The Labute approximate surface area is 86.0 Å². The molecule has 0 aromatic heterocycles. The highest BCUT2D eigenvalue weighted by molar-refractivity contribution is 9.08. The minimum Gasteiger partial charge on any atom is -0.486 e. The molecule has 0 aliphatic heterocycles. The normalized spacial score (nSPS) is 9.69. The van der Waals surface area contributed by atoms with Crippen LogP contribution in [0.5, 0.6) is 5.75 Å². The van der Waals surface area contributed by atoms with E-state index in [1.54, 1.807) is 0 Å². The number of Topliss-reactive ketones (excluding diaryl/α,β-unsaturated/α-hetero) is 1. The van der Waals surface area contributed by atoms with E-state index in [0.717, 1.165) is 16.6 Å². The zero-order valence-corrected chi connectivity index (χ0v) is 9.00. The Kier molecular flexibility index (Phi) is 3.96. The molecule has 0 amide bonds. The van der Waals surface area contributed by atoms with Crippen molar-refractivity contribution in [3.8, 4) is 5.75 Å². The van der Waals surface area contributed by atoms with Crippen LogP contribution in [0.1, 0.15) is 12.5 Å². The third-order valence-electron chi connectivity index (χ3n) is 1.55. The Hall–Kier alpha value is -0.830. The van der Waals surface area contributed by atoms with Crippen molar-refractivity contribution in [2.75, 3.05) is 6.61 Å². The van der Waals surface area contributed by atoms with E-state index < -0.39 is 0 Å². The highest BCUT2D eigenvalue weighted by atomic mass is 79.9. The van der Waals surface area contributed by atoms with Crippen LogP contribution in [-0.2, 0) is 10.1 Å². The number of halogens is 1. The van der Waals surface area contributed by atoms with Gasteiger partial charge in [-0.25, -0.2) is 0 Å². The third kappa shape index (κ3) is 3.19. The molecule has 0 atom stereocenters. The molecular weight excluding hydrogens is 232 g/mol. The fourth-order valence-corrected chi connectivity index (χ4v) is 1.40. The van der Waals surface area contributed by atoms with Gasteiger partial charge in [-0.1, -0.05) is 34.1 Å². The number of hydrogen-bond acceptors (Lipinski definition) is 2. The predicted octanol–water partition coefficient (Wildman–Crippen LogP) is 2.55. The minimum absolute atomic E-state index is 0.0318. The summed E-state index contributed by atoms with van der Waals surface area (Å²) in [6.45, 7) is 1.65. The Morgan fingerprint density at radius 3 is 2.77 bits per heavy atom. The molecule has 13 heavy (non-hydrogen) atoms. The lowest BCUT2D eigenvalue weighted by molar-refractivity contribution is -0.118. The van der Waals surface area contributed by atoms with Gasteiger partial charge in [0.1, 0.15) is 12.4 Å². The molecule has 1 rings (SSSR count). The number of para-hydroxylation sites is 1. The van der Waals surface area contributed by atoms with Crippen molar-refractivity contribution in [1.82, 2.24) is 0 Å². The second-order valence-electron chi connectivity index (χ2n) is 2.73. The smallest absolute Gasteiger partial charge is 0.167 e. The quantitative estimate of drug-likeness (QED) is 0.759. The summed E-state index contributed by atoms with van der Waals surface area (Å²) in [5.41, 5.74) is 1.06. The van der Waals surface area contributed by atoms with Gasteiger partial charge in [0.25, 0.3) is 0 Å². The molecule has 0 fully saturated rings. The lowest BCUT2D eigenvalue weighted by Gasteiger charge is -2.07. The number of ether oxygens (including phenoxy) is 1. The van der Waals surface area contributed by atoms with Gasteiger partial charge in [-0.05, 0) is 13.0 Å². The standard InChI is InChI=1S/C10H11BrO2/c1-8(12)7-13-10-5-3-2-4-9(10)6-11/h2-5H,6-7H2,1H3. The van der Waals surface area contributed by atoms with Crippen molar-refractivity contribution in [1.29, 1.82) is 0 Å². The van der Waals surface area contributed by atoms with E-state index in [0.29, 0.717) is 0 Å². The van der Waals surface area contributed by atoms with Gasteiger partial charge in [0.15, 0.2) is 5.78 Å². The summed E-state index contributed by atoms with van der Waals surface area (Å²) in [6, 6.07) is 7.66. The highest BCUT2D eigenvalue weighted by Crippen LogP contribution is 2.20. The Balaban J connectivity index is 2.69. The zero-order chi connectivity index (χ0) is 9.68. The van der Waals surface area contributed by atoms with Gasteiger partial charge >= 0.3 is 0 Å². The second kappa shape index (κ2) is 5.02. The van der Waals surface area contributed by atoms with Crippen LogP contribution in [-0.4, -0.2) is 12.4 Å². The van der Waals surface area contributed by atoms with Crippen LogP contribution >= 0.6 is 15.9 Å². The molecule has 2 nitrogen and oxygen atoms in total. The minimum atomic E-state index is 0.0318. The molecule has 0 radical (unpaired) electrons. The predicted molar refractivity (Wildman–Crippen MR) is 55.2 cm³/mol. The number of benzene rings is 1. The molecule has 0 aliphatic rings. The van der Waals surface area contributed by atoms with E-state index in [4.69, 9.17) is 4.74 Å². The van der Waals surface area contributed by atoms with Crippen molar-refractivity contribution >= 4 is 21.7 Å². The summed E-state index contributed by atoms with van der Waals surface area (Å²) in [7, 11) is 0. The van der Waals surface area contributed by atoms with Crippen molar-refractivity contribution in [3.05, 3.63) is 29.8 Å². The molecule has 0 bridgehead atoms. The van der Waals surface area contributed by atoms with Gasteiger partial charge in [-0.2, -0.15) is 0 Å². The first-order chi connectivity index (χ1) is 6.24. The van der Waals surface area contributed by atoms with Crippen LogP contribution in [0, 0.1) is 0 Å². The van der Waals surface area contributed by atoms with Gasteiger partial charge in [-0.3, -0.25) is 4.79 Å². The van der Waals surface area contributed by atoms with Crippen molar-refractivity contribution < 1.29 is 9.53 Å². The fourth-order valence-electron chi connectivity index (χ4n) is 0.934. The molecule has 0 aliphatic carbocycles.